The predicted octanol–water partition coefficient (Wildman–Crippen LogP) is 2.03. The van der Waals surface area contributed by atoms with E-state index in [-0.39, 0.29) is 23.7 Å². The molecule has 1 heterocycles. The minimum Gasteiger partial charge on any atom is -0.326 e. The first-order valence-electron chi connectivity index (χ1n) is 5.46. The normalized spacial score (nSPS) is 21.1. The van der Waals surface area contributed by atoms with Crippen LogP contribution in [0.3, 0.4) is 0 Å². The van der Waals surface area contributed by atoms with Crippen LogP contribution in [0.1, 0.15) is 33.1 Å². The molecule has 15 heavy (non-hydrogen) atoms. The summed E-state index contributed by atoms with van der Waals surface area (Å²) in [5, 5.41) is 8.77. The quantitative estimate of drug-likeness (QED) is 0.692. The fraction of sp³-hybridized carbons (Fsp3) is 0.818. The molecule has 0 aromatic heterocycles. The lowest BCUT2D eigenvalue weighted by atomic mass is 10.1. The van der Waals surface area contributed by atoms with Crippen molar-refractivity contribution in [2.75, 3.05) is 12.3 Å². The third kappa shape index (κ3) is 3.42. The zero-order chi connectivity index (χ0) is 11.3. The lowest BCUT2D eigenvalue weighted by molar-refractivity contribution is -0.131. The molecule has 1 atom stereocenters. The Kier molecular flexibility index (Phi) is 4.97. The van der Waals surface area contributed by atoms with E-state index in [1.54, 1.807) is 16.7 Å². The van der Waals surface area contributed by atoms with Crippen LogP contribution in [0, 0.1) is 11.3 Å². The highest BCUT2D eigenvalue weighted by atomic mass is 32.2. The molecular formula is C11H18N2OS. The average Bonchev–Trinajstić information content (AvgIpc) is 2.26. The minimum absolute atomic E-state index is 0.0921. The zero-order valence-corrected chi connectivity index (χ0v) is 10.2. The largest absolute Gasteiger partial charge is 0.326 e. The molecule has 84 valence electrons. The van der Waals surface area contributed by atoms with E-state index >= 15 is 0 Å². The van der Waals surface area contributed by atoms with Crippen molar-refractivity contribution >= 4 is 17.7 Å². The van der Waals surface area contributed by atoms with Crippen LogP contribution < -0.4 is 0 Å². The molecule has 0 saturated carbocycles. The van der Waals surface area contributed by atoms with Gasteiger partial charge in [0.15, 0.2) is 0 Å². The second-order valence-electron chi connectivity index (χ2n) is 4.07. The maximum absolute atomic E-state index is 12.1. The molecule has 1 aliphatic rings. The molecule has 0 aliphatic carbocycles. The highest BCUT2D eigenvalue weighted by Gasteiger charge is 2.27. The summed E-state index contributed by atoms with van der Waals surface area (Å²) >= 11 is 1.74. The van der Waals surface area contributed by atoms with Crippen molar-refractivity contribution in [1.29, 1.82) is 5.26 Å². The van der Waals surface area contributed by atoms with Gasteiger partial charge in [-0.05, 0) is 32.4 Å². The molecule has 4 heteroatoms. The van der Waals surface area contributed by atoms with Gasteiger partial charge in [0, 0.05) is 6.04 Å². The monoisotopic (exact) mass is 226 g/mol. The van der Waals surface area contributed by atoms with Gasteiger partial charge in [-0.1, -0.05) is 6.42 Å². The standard InChI is InChI=1S/C11H18N2OS/c1-9(2)13(7-6-12)11(14)10-5-3-4-8-15-10/h9-10H,3-5,7-8H2,1-2H3. The van der Waals surface area contributed by atoms with Crippen LogP contribution in [-0.4, -0.2) is 34.4 Å². The van der Waals surface area contributed by atoms with E-state index in [1.807, 2.05) is 13.8 Å². The number of hydrogen-bond acceptors (Lipinski definition) is 3. The van der Waals surface area contributed by atoms with E-state index in [1.165, 1.54) is 6.42 Å². The second kappa shape index (κ2) is 6.02. The van der Waals surface area contributed by atoms with Gasteiger partial charge in [-0.2, -0.15) is 5.26 Å². The number of nitrogens with zero attached hydrogens (tertiary/aromatic N) is 2. The topological polar surface area (TPSA) is 44.1 Å². The van der Waals surface area contributed by atoms with Gasteiger partial charge < -0.3 is 4.90 Å². The summed E-state index contributed by atoms with van der Waals surface area (Å²) in [6.07, 6.45) is 3.33. The third-order valence-electron chi connectivity index (χ3n) is 2.60. The van der Waals surface area contributed by atoms with Gasteiger partial charge in [0.05, 0.1) is 11.3 Å². The van der Waals surface area contributed by atoms with E-state index in [0.717, 1.165) is 18.6 Å². The summed E-state index contributed by atoms with van der Waals surface area (Å²) < 4.78 is 0. The van der Waals surface area contributed by atoms with Crippen LogP contribution in [0.2, 0.25) is 0 Å². The number of rotatable bonds is 3. The first kappa shape index (κ1) is 12.4. The molecule has 1 rings (SSSR count). The third-order valence-corrected chi connectivity index (χ3v) is 3.97. The van der Waals surface area contributed by atoms with Crippen molar-refractivity contribution in [1.82, 2.24) is 4.90 Å². The van der Waals surface area contributed by atoms with Crippen LogP contribution in [0.4, 0.5) is 0 Å². The molecule has 1 saturated heterocycles. The number of thioether (sulfide) groups is 1. The number of hydrogen-bond donors (Lipinski definition) is 0. The van der Waals surface area contributed by atoms with Gasteiger partial charge >= 0.3 is 0 Å². The molecule has 0 bridgehead atoms. The number of nitriles is 1. The van der Waals surface area contributed by atoms with Crippen LogP contribution >= 0.6 is 11.8 Å². The maximum Gasteiger partial charge on any atom is 0.236 e. The Morgan fingerprint density at radius 3 is 2.80 bits per heavy atom. The molecule has 0 spiro atoms. The highest BCUT2D eigenvalue weighted by Crippen LogP contribution is 2.27. The SMILES string of the molecule is CC(C)N(CC#N)C(=O)C1CCCCS1. The molecule has 3 nitrogen and oxygen atoms in total. The Hall–Kier alpha value is -0.690. The minimum atomic E-state index is 0.0921. The molecule has 0 N–H and O–H groups in total. The van der Waals surface area contributed by atoms with Gasteiger partial charge in [0.25, 0.3) is 0 Å². The van der Waals surface area contributed by atoms with Crippen molar-refractivity contribution < 1.29 is 4.79 Å². The number of carbonyl (C=O) groups is 1. The van der Waals surface area contributed by atoms with Crippen LogP contribution in [0.15, 0.2) is 0 Å². The summed E-state index contributed by atoms with van der Waals surface area (Å²) in [6, 6.07) is 2.19. The number of amides is 1. The van der Waals surface area contributed by atoms with Crippen LogP contribution in [0.25, 0.3) is 0 Å². The molecule has 0 aromatic carbocycles. The van der Waals surface area contributed by atoms with Crippen molar-refractivity contribution in [2.24, 2.45) is 0 Å². The lowest BCUT2D eigenvalue weighted by Crippen LogP contribution is -2.43. The molecule has 0 radical (unpaired) electrons. The van der Waals surface area contributed by atoms with Gasteiger partial charge in [-0.15, -0.1) is 11.8 Å². The smallest absolute Gasteiger partial charge is 0.236 e. The Morgan fingerprint density at radius 1 is 1.60 bits per heavy atom. The van der Waals surface area contributed by atoms with Crippen molar-refractivity contribution in [3.05, 3.63) is 0 Å². The lowest BCUT2D eigenvalue weighted by Gasteiger charge is -2.29. The zero-order valence-electron chi connectivity index (χ0n) is 9.40. The summed E-state index contributed by atoms with van der Waals surface area (Å²) in [5.41, 5.74) is 0. The summed E-state index contributed by atoms with van der Waals surface area (Å²) in [5.74, 6) is 1.23. The first-order valence-corrected chi connectivity index (χ1v) is 6.50. The maximum atomic E-state index is 12.1. The van der Waals surface area contributed by atoms with Gasteiger partial charge in [0.1, 0.15) is 6.54 Å². The summed E-state index contributed by atoms with van der Waals surface area (Å²) in [6.45, 7) is 4.14. The molecule has 1 unspecified atom stereocenters. The number of carbonyl (C=O) groups excluding carboxylic acids is 1. The van der Waals surface area contributed by atoms with Crippen molar-refractivity contribution in [3.8, 4) is 6.07 Å². The van der Waals surface area contributed by atoms with Crippen LogP contribution in [0.5, 0.6) is 0 Å². The summed E-state index contributed by atoms with van der Waals surface area (Å²) in [7, 11) is 0. The van der Waals surface area contributed by atoms with E-state index in [0.29, 0.717) is 0 Å². The predicted molar refractivity (Wildman–Crippen MR) is 62.6 cm³/mol. The van der Waals surface area contributed by atoms with E-state index in [4.69, 9.17) is 5.26 Å². The molecule has 1 fully saturated rings. The summed E-state index contributed by atoms with van der Waals surface area (Å²) in [4.78, 5) is 13.8. The Labute approximate surface area is 95.8 Å². The van der Waals surface area contributed by atoms with Crippen molar-refractivity contribution in [2.45, 2.75) is 44.4 Å². The Balaban J connectivity index is 2.58. The van der Waals surface area contributed by atoms with Crippen LogP contribution in [-0.2, 0) is 4.79 Å². The highest BCUT2D eigenvalue weighted by molar-refractivity contribution is 8.00. The first-order chi connectivity index (χ1) is 7.16. The molecule has 1 amide bonds. The van der Waals surface area contributed by atoms with E-state index in [2.05, 4.69) is 6.07 Å². The van der Waals surface area contributed by atoms with Gasteiger partial charge in [-0.25, -0.2) is 0 Å². The van der Waals surface area contributed by atoms with Gasteiger partial charge in [-0.3, -0.25) is 4.79 Å². The fourth-order valence-corrected chi connectivity index (χ4v) is 2.98. The average molecular weight is 226 g/mol. The Morgan fingerprint density at radius 2 is 2.33 bits per heavy atom. The van der Waals surface area contributed by atoms with E-state index < -0.39 is 0 Å². The molecule has 0 aromatic rings. The Bertz CT molecular complexity index is 254. The van der Waals surface area contributed by atoms with Crippen molar-refractivity contribution in [3.63, 3.8) is 0 Å². The fourth-order valence-electron chi connectivity index (χ4n) is 1.71. The second-order valence-corrected chi connectivity index (χ2v) is 5.38. The van der Waals surface area contributed by atoms with Gasteiger partial charge in [0.2, 0.25) is 5.91 Å². The van der Waals surface area contributed by atoms with E-state index in [9.17, 15) is 4.79 Å². The molecule has 1 aliphatic heterocycles. The molecular weight excluding hydrogens is 208 g/mol.